The second-order valence-corrected chi connectivity index (χ2v) is 8.70. The number of sulfonamides is 1. The summed E-state index contributed by atoms with van der Waals surface area (Å²) in [5.74, 6) is 0.595. The molecule has 1 aromatic rings. The van der Waals surface area contributed by atoms with Gasteiger partial charge in [-0.15, -0.1) is 0 Å². The van der Waals surface area contributed by atoms with Gasteiger partial charge in [-0.3, -0.25) is 4.79 Å². The minimum Gasteiger partial charge on any atom is -0.352 e. The van der Waals surface area contributed by atoms with Crippen LogP contribution < -0.4 is 10.0 Å². The van der Waals surface area contributed by atoms with Crippen molar-refractivity contribution in [3.05, 3.63) is 29.3 Å². The molecular weight excluding hydrogens is 338 g/mol. The van der Waals surface area contributed by atoms with Gasteiger partial charge in [0.15, 0.2) is 0 Å². The predicted octanol–water partition coefficient (Wildman–Crippen LogP) is 1.75. The highest BCUT2D eigenvalue weighted by molar-refractivity contribution is 7.89. The lowest BCUT2D eigenvalue weighted by Gasteiger charge is -2.30. The Morgan fingerprint density at radius 1 is 1.28 bits per heavy atom. The number of nitrogens with zero attached hydrogens (tertiary/aromatic N) is 1. The zero-order valence-electron chi connectivity index (χ0n) is 15.3. The SMILES string of the molecule is CNS(=O)(=O)c1ccc(C)c(C(=O)NCCCN2CCC(C)CC2)c1. The molecule has 0 radical (unpaired) electrons. The van der Waals surface area contributed by atoms with Crippen molar-refractivity contribution in [1.29, 1.82) is 0 Å². The van der Waals surface area contributed by atoms with Gasteiger partial charge in [-0.2, -0.15) is 0 Å². The topological polar surface area (TPSA) is 78.5 Å². The molecule has 1 saturated heterocycles. The van der Waals surface area contributed by atoms with E-state index >= 15 is 0 Å². The molecule has 140 valence electrons. The number of aryl methyl sites for hydroxylation is 1. The summed E-state index contributed by atoms with van der Waals surface area (Å²) >= 11 is 0. The van der Waals surface area contributed by atoms with Crippen LogP contribution in [0.2, 0.25) is 0 Å². The van der Waals surface area contributed by atoms with E-state index in [0.717, 1.165) is 37.5 Å². The molecule has 25 heavy (non-hydrogen) atoms. The highest BCUT2D eigenvalue weighted by Crippen LogP contribution is 2.16. The van der Waals surface area contributed by atoms with Crippen LogP contribution in [-0.2, 0) is 10.0 Å². The van der Waals surface area contributed by atoms with Gasteiger partial charge >= 0.3 is 0 Å². The number of carbonyl (C=O) groups excluding carboxylic acids is 1. The standard InChI is InChI=1S/C18H29N3O3S/c1-14-7-11-21(12-8-14)10-4-9-20-18(22)17-13-16(6-5-15(17)2)25(23,24)19-3/h5-6,13-14,19H,4,7-12H2,1-3H3,(H,20,22). The van der Waals surface area contributed by atoms with Crippen LogP contribution in [-0.4, -0.2) is 52.5 Å². The molecule has 1 aliphatic heterocycles. The number of carbonyl (C=O) groups is 1. The molecule has 7 heteroatoms. The maximum atomic E-state index is 12.4. The molecule has 0 spiro atoms. The number of likely N-dealkylation sites (tertiary alicyclic amines) is 1. The van der Waals surface area contributed by atoms with Gasteiger partial charge in [0, 0.05) is 12.1 Å². The summed E-state index contributed by atoms with van der Waals surface area (Å²) in [5, 5.41) is 2.90. The summed E-state index contributed by atoms with van der Waals surface area (Å²) in [6.07, 6.45) is 3.39. The Hall–Kier alpha value is -1.44. The molecule has 0 bridgehead atoms. The van der Waals surface area contributed by atoms with Crippen molar-refractivity contribution in [2.45, 2.75) is 38.0 Å². The first kappa shape index (κ1) is 19.9. The summed E-state index contributed by atoms with van der Waals surface area (Å²) in [4.78, 5) is 14.9. The average Bonchev–Trinajstić information content (AvgIpc) is 2.60. The van der Waals surface area contributed by atoms with Gasteiger partial charge in [0.2, 0.25) is 10.0 Å². The fourth-order valence-corrected chi connectivity index (χ4v) is 3.77. The first-order valence-electron chi connectivity index (χ1n) is 8.88. The third-order valence-electron chi connectivity index (χ3n) is 4.85. The van der Waals surface area contributed by atoms with Gasteiger partial charge in [-0.05, 0) is 76.5 Å². The van der Waals surface area contributed by atoms with Crippen LogP contribution in [0, 0.1) is 12.8 Å². The van der Waals surface area contributed by atoms with E-state index in [9.17, 15) is 13.2 Å². The molecule has 0 saturated carbocycles. The smallest absolute Gasteiger partial charge is 0.251 e. The van der Waals surface area contributed by atoms with Gasteiger partial charge < -0.3 is 10.2 Å². The van der Waals surface area contributed by atoms with E-state index in [-0.39, 0.29) is 10.8 Å². The van der Waals surface area contributed by atoms with E-state index in [2.05, 4.69) is 21.9 Å². The molecule has 1 amide bonds. The third kappa shape index (κ3) is 5.52. The van der Waals surface area contributed by atoms with Gasteiger partial charge in [0.25, 0.3) is 5.91 Å². The zero-order chi connectivity index (χ0) is 18.4. The zero-order valence-corrected chi connectivity index (χ0v) is 16.2. The predicted molar refractivity (Wildman–Crippen MR) is 99.2 cm³/mol. The van der Waals surface area contributed by atoms with Crippen LogP contribution in [0.25, 0.3) is 0 Å². The monoisotopic (exact) mass is 367 g/mol. The average molecular weight is 368 g/mol. The van der Waals surface area contributed by atoms with Crippen LogP contribution in [0.5, 0.6) is 0 Å². The number of hydrogen-bond acceptors (Lipinski definition) is 4. The largest absolute Gasteiger partial charge is 0.352 e. The minimum atomic E-state index is -3.55. The van der Waals surface area contributed by atoms with E-state index in [1.165, 1.54) is 32.0 Å². The van der Waals surface area contributed by atoms with Gasteiger partial charge in [-0.25, -0.2) is 13.1 Å². The maximum absolute atomic E-state index is 12.4. The molecule has 1 heterocycles. The minimum absolute atomic E-state index is 0.105. The molecule has 1 aromatic carbocycles. The molecule has 2 N–H and O–H groups in total. The molecule has 1 aliphatic rings. The molecule has 2 rings (SSSR count). The summed E-state index contributed by atoms with van der Waals surface area (Å²) in [5.41, 5.74) is 1.17. The van der Waals surface area contributed by atoms with Crippen molar-refractivity contribution in [3.8, 4) is 0 Å². The Balaban J connectivity index is 1.87. The van der Waals surface area contributed by atoms with Crippen LogP contribution in [0.1, 0.15) is 42.1 Å². The molecule has 0 atom stereocenters. The second-order valence-electron chi connectivity index (χ2n) is 6.82. The van der Waals surface area contributed by atoms with E-state index < -0.39 is 10.0 Å². The quantitative estimate of drug-likeness (QED) is 0.720. The number of piperidine rings is 1. The fourth-order valence-electron chi connectivity index (χ4n) is 3.02. The second kappa shape index (κ2) is 8.78. The fraction of sp³-hybridized carbons (Fsp3) is 0.611. The van der Waals surface area contributed by atoms with E-state index in [4.69, 9.17) is 0 Å². The Kier molecular flexibility index (Phi) is 6.98. The van der Waals surface area contributed by atoms with Crippen LogP contribution >= 0.6 is 0 Å². The molecule has 6 nitrogen and oxygen atoms in total. The molecular formula is C18H29N3O3S. The highest BCUT2D eigenvalue weighted by Gasteiger charge is 2.17. The van der Waals surface area contributed by atoms with E-state index in [1.54, 1.807) is 13.0 Å². The van der Waals surface area contributed by atoms with Gasteiger partial charge in [0.1, 0.15) is 0 Å². The summed E-state index contributed by atoms with van der Waals surface area (Å²) < 4.78 is 26.1. The Morgan fingerprint density at radius 2 is 1.96 bits per heavy atom. The molecule has 0 aromatic heterocycles. The highest BCUT2D eigenvalue weighted by atomic mass is 32.2. The summed E-state index contributed by atoms with van der Waals surface area (Å²) in [6.45, 7) is 7.95. The van der Waals surface area contributed by atoms with Crippen molar-refractivity contribution in [3.63, 3.8) is 0 Å². The van der Waals surface area contributed by atoms with Crippen molar-refractivity contribution < 1.29 is 13.2 Å². The Bertz CT molecular complexity index is 696. The number of amides is 1. The van der Waals surface area contributed by atoms with Crippen LogP contribution in [0.15, 0.2) is 23.1 Å². The third-order valence-corrected chi connectivity index (χ3v) is 6.26. The maximum Gasteiger partial charge on any atom is 0.251 e. The summed E-state index contributed by atoms with van der Waals surface area (Å²) in [7, 11) is -2.19. The number of nitrogens with one attached hydrogen (secondary N) is 2. The summed E-state index contributed by atoms with van der Waals surface area (Å²) in [6, 6.07) is 4.60. The van der Waals surface area contributed by atoms with Crippen molar-refractivity contribution in [1.82, 2.24) is 14.9 Å². The lowest BCUT2D eigenvalue weighted by Crippen LogP contribution is -2.35. The number of benzene rings is 1. The van der Waals surface area contributed by atoms with Crippen molar-refractivity contribution >= 4 is 15.9 Å². The molecule has 0 unspecified atom stereocenters. The van der Waals surface area contributed by atoms with Crippen LogP contribution in [0.3, 0.4) is 0 Å². The van der Waals surface area contributed by atoms with Gasteiger partial charge in [-0.1, -0.05) is 13.0 Å². The van der Waals surface area contributed by atoms with Crippen molar-refractivity contribution in [2.24, 2.45) is 5.92 Å². The lowest BCUT2D eigenvalue weighted by molar-refractivity contribution is 0.0949. The van der Waals surface area contributed by atoms with E-state index in [0.29, 0.717) is 12.1 Å². The normalized spacial score (nSPS) is 16.8. The Labute approximate surface area is 151 Å². The lowest BCUT2D eigenvalue weighted by atomic mass is 9.99. The first-order chi connectivity index (χ1) is 11.8. The van der Waals surface area contributed by atoms with Crippen LogP contribution in [0.4, 0.5) is 0 Å². The van der Waals surface area contributed by atoms with Crippen molar-refractivity contribution in [2.75, 3.05) is 33.2 Å². The van der Waals surface area contributed by atoms with E-state index in [1.807, 2.05) is 0 Å². The Morgan fingerprint density at radius 3 is 2.60 bits per heavy atom. The molecule has 0 aliphatic carbocycles. The number of hydrogen-bond donors (Lipinski definition) is 2. The molecule has 1 fully saturated rings. The van der Waals surface area contributed by atoms with Gasteiger partial charge in [0.05, 0.1) is 4.90 Å². The first-order valence-corrected chi connectivity index (χ1v) is 10.4. The number of rotatable bonds is 7.